The maximum absolute atomic E-state index is 13.1. The summed E-state index contributed by atoms with van der Waals surface area (Å²) in [4.78, 5) is 0. The molecule has 0 aliphatic rings. The fourth-order valence-corrected chi connectivity index (χ4v) is 1.84. The molecular formula is C13H11BrFNO. The van der Waals surface area contributed by atoms with Gasteiger partial charge in [0.2, 0.25) is 0 Å². The van der Waals surface area contributed by atoms with E-state index in [2.05, 4.69) is 15.9 Å². The second-order valence-corrected chi connectivity index (χ2v) is 4.45. The van der Waals surface area contributed by atoms with Crippen LogP contribution in [0.25, 0.3) is 0 Å². The van der Waals surface area contributed by atoms with Gasteiger partial charge in [-0.25, -0.2) is 4.39 Å². The smallest absolute Gasteiger partial charge is 0.128 e. The summed E-state index contributed by atoms with van der Waals surface area (Å²) < 4.78 is 19.5. The summed E-state index contributed by atoms with van der Waals surface area (Å²) in [5.74, 6) is 0.0328. The third kappa shape index (κ3) is 3.20. The molecule has 0 atom stereocenters. The predicted molar refractivity (Wildman–Crippen MR) is 69.3 cm³/mol. The first-order chi connectivity index (χ1) is 8.15. The molecule has 0 heterocycles. The quantitative estimate of drug-likeness (QED) is 0.875. The molecule has 2 aromatic rings. The normalized spacial score (nSPS) is 10.2. The van der Waals surface area contributed by atoms with Crippen LogP contribution in [0.5, 0.6) is 5.75 Å². The molecular weight excluding hydrogens is 285 g/mol. The van der Waals surface area contributed by atoms with E-state index < -0.39 is 5.82 Å². The molecule has 2 rings (SSSR count). The van der Waals surface area contributed by atoms with Crippen LogP contribution in [0.1, 0.15) is 5.56 Å². The molecule has 2 N–H and O–H groups in total. The number of hydrogen-bond donors (Lipinski definition) is 1. The Morgan fingerprint density at radius 3 is 2.65 bits per heavy atom. The fraction of sp³-hybridized carbons (Fsp3) is 0.0769. The van der Waals surface area contributed by atoms with Crippen molar-refractivity contribution in [3.8, 4) is 5.75 Å². The van der Waals surface area contributed by atoms with Crippen LogP contribution in [0.3, 0.4) is 0 Å². The summed E-state index contributed by atoms with van der Waals surface area (Å²) in [5, 5.41) is 0. The first kappa shape index (κ1) is 11.9. The zero-order valence-electron chi connectivity index (χ0n) is 8.99. The average molecular weight is 296 g/mol. The largest absolute Gasteiger partial charge is 0.489 e. The van der Waals surface area contributed by atoms with Crippen molar-refractivity contribution in [2.45, 2.75) is 6.61 Å². The van der Waals surface area contributed by atoms with Crippen LogP contribution in [0.2, 0.25) is 0 Å². The van der Waals surface area contributed by atoms with Gasteiger partial charge in [-0.2, -0.15) is 0 Å². The molecule has 0 unspecified atom stereocenters. The minimum atomic E-state index is -0.396. The Hall–Kier alpha value is -1.55. The van der Waals surface area contributed by atoms with E-state index in [9.17, 15) is 4.39 Å². The molecule has 0 radical (unpaired) electrons. The van der Waals surface area contributed by atoms with Crippen LogP contribution in [-0.4, -0.2) is 0 Å². The van der Waals surface area contributed by atoms with Crippen molar-refractivity contribution in [1.29, 1.82) is 0 Å². The zero-order valence-corrected chi connectivity index (χ0v) is 10.6. The van der Waals surface area contributed by atoms with Gasteiger partial charge in [0, 0.05) is 27.9 Å². The SMILES string of the molecule is Nc1cc(F)cc(OCc2ccccc2Br)c1. The lowest BCUT2D eigenvalue weighted by molar-refractivity contribution is 0.304. The standard InChI is InChI=1S/C13H11BrFNO/c14-13-4-2-1-3-9(13)8-17-12-6-10(15)5-11(16)7-12/h1-7H,8,16H2. The number of ether oxygens (including phenoxy) is 1. The molecule has 4 heteroatoms. The highest BCUT2D eigenvalue weighted by Crippen LogP contribution is 2.21. The maximum Gasteiger partial charge on any atom is 0.128 e. The van der Waals surface area contributed by atoms with Gasteiger partial charge in [-0.1, -0.05) is 34.1 Å². The third-order valence-corrected chi connectivity index (χ3v) is 3.02. The monoisotopic (exact) mass is 295 g/mol. The Morgan fingerprint density at radius 2 is 1.94 bits per heavy atom. The lowest BCUT2D eigenvalue weighted by Gasteiger charge is -2.08. The second-order valence-electron chi connectivity index (χ2n) is 3.60. The lowest BCUT2D eigenvalue weighted by atomic mass is 10.2. The number of halogens is 2. The van der Waals surface area contributed by atoms with E-state index in [0.29, 0.717) is 18.0 Å². The van der Waals surface area contributed by atoms with Gasteiger partial charge < -0.3 is 10.5 Å². The molecule has 0 aliphatic heterocycles. The van der Waals surface area contributed by atoms with Gasteiger partial charge in [0.15, 0.2) is 0 Å². The van der Waals surface area contributed by atoms with Crippen LogP contribution in [0.15, 0.2) is 46.9 Å². The van der Waals surface area contributed by atoms with Crippen molar-refractivity contribution in [2.24, 2.45) is 0 Å². The number of hydrogen-bond acceptors (Lipinski definition) is 2. The number of anilines is 1. The Labute approximate surface area is 107 Å². The highest BCUT2D eigenvalue weighted by molar-refractivity contribution is 9.10. The zero-order chi connectivity index (χ0) is 12.3. The molecule has 0 bridgehead atoms. The Kier molecular flexibility index (Phi) is 3.64. The van der Waals surface area contributed by atoms with E-state index in [1.54, 1.807) is 6.07 Å². The Bertz CT molecular complexity index is 510. The molecule has 0 saturated carbocycles. The van der Waals surface area contributed by atoms with E-state index in [1.165, 1.54) is 12.1 Å². The number of nitrogen functional groups attached to an aromatic ring is 1. The van der Waals surface area contributed by atoms with Gasteiger partial charge in [-0.3, -0.25) is 0 Å². The van der Waals surface area contributed by atoms with Crippen molar-refractivity contribution >= 4 is 21.6 Å². The van der Waals surface area contributed by atoms with Gasteiger partial charge in [0.05, 0.1) is 0 Å². The molecule has 0 aromatic heterocycles. The summed E-state index contributed by atoms with van der Waals surface area (Å²) in [5.41, 5.74) is 6.88. The highest BCUT2D eigenvalue weighted by Gasteiger charge is 2.02. The first-order valence-electron chi connectivity index (χ1n) is 5.07. The summed E-state index contributed by atoms with van der Waals surface area (Å²) in [7, 11) is 0. The fourth-order valence-electron chi connectivity index (χ4n) is 1.44. The van der Waals surface area contributed by atoms with Crippen LogP contribution >= 0.6 is 15.9 Å². The van der Waals surface area contributed by atoms with Gasteiger partial charge in [0.1, 0.15) is 18.2 Å². The second kappa shape index (κ2) is 5.19. The van der Waals surface area contributed by atoms with Crippen LogP contribution in [0, 0.1) is 5.82 Å². The average Bonchev–Trinajstić information content (AvgIpc) is 2.27. The van der Waals surface area contributed by atoms with Crippen molar-refractivity contribution < 1.29 is 9.13 Å². The summed E-state index contributed by atoms with van der Waals surface area (Å²) >= 11 is 3.42. The molecule has 0 saturated heterocycles. The summed E-state index contributed by atoms with van der Waals surface area (Å²) in [6.07, 6.45) is 0. The van der Waals surface area contributed by atoms with Gasteiger partial charge in [0.25, 0.3) is 0 Å². The molecule has 0 spiro atoms. The number of rotatable bonds is 3. The van der Waals surface area contributed by atoms with E-state index in [1.807, 2.05) is 24.3 Å². The maximum atomic E-state index is 13.1. The van der Waals surface area contributed by atoms with Crippen molar-refractivity contribution in [1.82, 2.24) is 0 Å². The predicted octanol–water partition coefficient (Wildman–Crippen LogP) is 3.75. The molecule has 2 nitrogen and oxygen atoms in total. The summed E-state index contributed by atoms with van der Waals surface area (Å²) in [6, 6.07) is 11.9. The van der Waals surface area contributed by atoms with Crippen molar-refractivity contribution in [3.63, 3.8) is 0 Å². The van der Waals surface area contributed by atoms with E-state index in [0.717, 1.165) is 10.0 Å². The minimum Gasteiger partial charge on any atom is -0.489 e. The topological polar surface area (TPSA) is 35.2 Å². The third-order valence-electron chi connectivity index (χ3n) is 2.25. The molecule has 88 valence electrons. The van der Waals surface area contributed by atoms with E-state index >= 15 is 0 Å². The number of nitrogens with two attached hydrogens (primary N) is 1. The van der Waals surface area contributed by atoms with Gasteiger partial charge in [-0.15, -0.1) is 0 Å². The molecule has 0 fully saturated rings. The van der Waals surface area contributed by atoms with E-state index in [4.69, 9.17) is 10.5 Å². The van der Waals surface area contributed by atoms with Gasteiger partial charge >= 0.3 is 0 Å². The molecule has 17 heavy (non-hydrogen) atoms. The highest BCUT2D eigenvalue weighted by atomic mass is 79.9. The lowest BCUT2D eigenvalue weighted by Crippen LogP contribution is -1.97. The Balaban J connectivity index is 2.10. The van der Waals surface area contributed by atoms with E-state index in [-0.39, 0.29) is 0 Å². The molecule has 0 amide bonds. The van der Waals surface area contributed by atoms with Crippen LogP contribution in [0.4, 0.5) is 10.1 Å². The minimum absolute atomic E-state index is 0.354. The van der Waals surface area contributed by atoms with Crippen LogP contribution in [-0.2, 0) is 6.61 Å². The molecule has 2 aromatic carbocycles. The first-order valence-corrected chi connectivity index (χ1v) is 5.87. The number of benzene rings is 2. The molecule has 0 aliphatic carbocycles. The van der Waals surface area contributed by atoms with Crippen molar-refractivity contribution in [3.05, 3.63) is 58.3 Å². The van der Waals surface area contributed by atoms with Crippen LogP contribution < -0.4 is 10.5 Å². The van der Waals surface area contributed by atoms with Gasteiger partial charge in [-0.05, 0) is 12.1 Å². The summed E-state index contributed by atoms with van der Waals surface area (Å²) in [6.45, 7) is 0.365. The van der Waals surface area contributed by atoms with Crippen molar-refractivity contribution in [2.75, 3.05) is 5.73 Å². The Morgan fingerprint density at radius 1 is 1.18 bits per heavy atom.